The van der Waals surface area contributed by atoms with Crippen LogP contribution in [0.1, 0.15) is 16.3 Å². The second-order valence-corrected chi connectivity index (χ2v) is 8.72. The molecule has 0 amide bonds. The molecule has 1 aliphatic rings. The maximum absolute atomic E-state index is 11.5. The van der Waals surface area contributed by atoms with Gasteiger partial charge in [-0.3, -0.25) is 0 Å². The summed E-state index contributed by atoms with van der Waals surface area (Å²) in [5, 5.41) is 9.57. The fourth-order valence-corrected chi connectivity index (χ4v) is 5.00. The normalized spacial score (nSPS) is 14.1. The maximum atomic E-state index is 11.5. The van der Waals surface area contributed by atoms with Crippen molar-refractivity contribution in [2.24, 2.45) is 0 Å². The van der Waals surface area contributed by atoms with E-state index in [1.165, 1.54) is 18.9 Å². The van der Waals surface area contributed by atoms with Crippen molar-refractivity contribution in [3.8, 4) is 5.75 Å². The van der Waals surface area contributed by atoms with E-state index in [-0.39, 0.29) is 5.76 Å². The molecule has 0 unspecified atom stereocenters. The smallest absolute Gasteiger partial charge is 0.373 e. The Morgan fingerprint density at radius 3 is 2.63 bits per heavy atom. The summed E-state index contributed by atoms with van der Waals surface area (Å²) in [5.41, 5.74) is 1.12. The lowest BCUT2D eigenvalue weighted by atomic mass is 10.2. The van der Waals surface area contributed by atoms with Crippen molar-refractivity contribution in [2.45, 2.75) is 10.1 Å². The number of hydrogen-bond donors (Lipinski definition) is 0. The molecule has 0 spiro atoms. The number of carbonyl (C=O) groups is 1. The summed E-state index contributed by atoms with van der Waals surface area (Å²) in [6.45, 7) is 3.53. The molecular formula is C20H22N4O4S2. The van der Waals surface area contributed by atoms with Crippen LogP contribution in [-0.4, -0.2) is 56.6 Å². The predicted molar refractivity (Wildman–Crippen MR) is 117 cm³/mol. The third-order valence-corrected chi connectivity index (χ3v) is 6.90. The van der Waals surface area contributed by atoms with Crippen molar-refractivity contribution in [1.29, 1.82) is 0 Å². The van der Waals surface area contributed by atoms with Crippen LogP contribution in [0.3, 0.4) is 0 Å². The Hall–Kier alpha value is -2.72. The topological polar surface area (TPSA) is 80.9 Å². The zero-order chi connectivity index (χ0) is 20.9. The van der Waals surface area contributed by atoms with E-state index in [1.807, 2.05) is 18.2 Å². The summed E-state index contributed by atoms with van der Waals surface area (Å²) in [7, 11) is 3.03. The molecule has 0 N–H and O–H groups in total. The zero-order valence-electron chi connectivity index (χ0n) is 16.7. The highest BCUT2D eigenvalue weighted by Gasteiger charge is 2.22. The molecule has 3 aromatic rings. The second kappa shape index (κ2) is 9.40. The molecule has 1 fully saturated rings. The molecule has 0 bridgehead atoms. The third-order valence-electron chi connectivity index (χ3n) is 4.76. The lowest BCUT2D eigenvalue weighted by Gasteiger charge is -2.36. The number of benzene rings is 1. The molecule has 0 atom stereocenters. The fraction of sp³-hybridized carbons (Fsp3) is 0.350. The van der Waals surface area contributed by atoms with E-state index in [4.69, 9.17) is 9.15 Å². The van der Waals surface area contributed by atoms with E-state index in [2.05, 4.69) is 30.8 Å². The summed E-state index contributed by atoms with van der Waals surface area (Å²) in [6, 6.07) is 11.5. The average molecular weight is 447 g/mol. The predicted octanol–water partition coefficient (Wildman–Crippen LogP) is 3.55. The number of rotatable bonds is 7. The van der Waals surface area contributed by atoms with Gasteiger partial charge in [-0.05, 0) is 24.3 Å². The van der Waals surface area contributed by atoms with E-state index >= 15 is 0 Å². The molecule has 8 nitrogen and oxygen atoms in total. The quantitative estimate of drug-likeness (QED) is 0.400. The average Bonchev–Trinajstić information content (AvgIpc) is 3.47. The first-order chi connectivity index (χ1) is 14.7. The van der Waals surface area contributed by atoms with Crippen molar-refractivity contribution in [2.75, 3.05) is 50.2 Å². The van der Waals surface area contributed by atoms with Crippen LogP contribution < -0.4 is 14.5 Å². The number of carbonyl (C=O) groups excluding carboxylic acids is 1. The maximum Gasteiger partial charge on any atom is 0.373 e. The van der Waals surface area contributed by atoms with E-state index < -0.39 is 5.97 Å². The van der Waals surface area contributed by atoms with Gasteiger partial charge in [-0.2, -0.15) is 0 Å². The summed E-state index contributed by atoms with van der Waals surface area (Å²) >= 11 is 3.11. The number of methoxy groups -OCH3 is 2. The molecule has 0 radical (unpaired) electrons. The van der Waals surface area contributed by atoms with E-state index in [0.29, 0.717) is 11.5 Å². The lowest BCUT2D eigenvalue weighted by molar-refractivity contribution is 0.0563. The Balaban J connectivity index is 1.31. The Bertz CT molecular complexity index is 998. The highest BCUT2D eigenvalue weighted by atomic mass is 32.2. The minimum Gasteiger partial charge on any atom is -0.495 e. The van der Waals surface area contributed by atoms with E-state index in [1.54, 1.807) is 30.6 Å². The van der Waals surface area contributed by atoms with Gasteiger partial charge in [0.05, 0.1) is 25.7 Å². The van der Waals surface area contributed by atoms with Crippen LogP contribution in [0.2, 0.25) is 0 Å². The third kappa shape index (κ3) is 4.54. The monoisotopic (exact) mass is 446 g/mol. The van der Waals surface area contributed by atoms with Crippen LogP contribution in [0.4, 0.5) is 10.8 Å². The molecule has 4 rings (SSSR count). The van der Waals surface area contributed by atoms with E-state index in [0.717, 1.165) is 47.1 Å². The van der Waals surface area contributed by atoms with Crippen molar-refractivity contribution >= 4 is 39.9 Å². The van der Waals surface area contributed by atoms with Gasteiger partial charge in [0.25, 0.3) is 0 Å². The number of furan rings is 1. The highest BCUT2D eigenvalue weighted by Crippen LogP contribution is 2.33. The molecule has 3 heterocycles. The van der Waals surface area contributed by atoms with Crippen LogP contribution in [-0.2, 0) is 10.5 Å². The van der Waals surface area contributed by atoms with Crippen LogP contribution in [0.25, 0.3) is 0 Å². The number of ether oxygens (including phenoxy) is 2. The van der Waals surface area contributed by atoms with Gasteiger partial charge in [0.1, 0.15) is 11.5 Å². The Kier molecular flexibility index (Phi) is 6.44. The molecule has 30 heavy (non-hydrogen) atoms. The van der Waals surface area contributed by atoms with Gasteiger partial charge in [0, 0.05) is 26.2 Å². The summed E-state index contributed by atoms with van der Waals surface area (Å²) < 4.78 is 16.5. The number of thioether (sulfide) groups is 1. The van der Waals surface area contributed by atoms with Crippen molar-refractivity contribution in [3.63, 3.8) is 0 Å². The minimum atomic E-state index is -0.475. The first kappa shape index (κ1) is 20.5. The van der Waals surface area contributed by atoms with Gasteiger partial charge in [-0.15, -0.1) is 10.2 Å². The van der Waals surface area contributed by atoms with Crippen LogP contribution in [0, 0.1) is 0 Å². The molecule has 1 aliphatic heterocycles. The first-order valence-electron chi connectivity index (χ1n) is 9.44. The van der Waals surface area contributed by atoms with Gasteiger partial charge in [0.2, 0.25) is 10.9 Å². The van der Waals surface area contributed by atoms with Gasteiger partial charge >= 0.3 is 5.97 Å². The number of piperazine rings is 1. The van der Waals surface area contributed by atoms with Crippen LogP contribution in [0.15, 0.2) is 45.2 Å². The molecule has 0 saturated carbocycles. The van der Waals surface area contributed by atoms with Crippen molar-refractivity contribution in [1.82, 2.24) is 10.2 Å². The standard InChI is InChI=1S/C20H22N4O4S2/c1-26-16-6-4-3-5-15(16)23-9-11-24(12-10-23)19-21-22-20(30-19)29-13-14-7-8-17(28-14)18(25)27-2/h3-8H,9-13H2,1-2H3. The zero-order valence-corrected chi connectivity index (χ0v) is 18.4. The number of nitrogens with zero attached hydrogens (tertiary/aromatic N) is 4. The summed E-state index contributed by atoms with van der Waals surface area (Å²) in [6.07, 6.45) is 0. The molecule has 10 heteroatoms. The molecule has 1 aromatic carbocycles. The highest BCUT2D eigenvalue weighted by molar-refractivity contribution is 8.00. The summed E-state index contributed by atoms with van der Waals surface area (Å²) in [4.78, 5) is 16.1. The molecule has 0 aliphatic carbocycles. The summed E-state index contributed by atoms with van der Waals surface area (Å²) in [5.74, 6) is 1.90. The van der Waals surface area contributed by atoms with Gasteiger partial charge < -0.3 is 23.7 Å². The van der Waals surface area contributed by atoms with Gasteiger partial charge in [0.15, 0.2) is 4.34 Å². The lowest BCUT2D eigenvalue weighted by Crippen LogP contribution is -2.46. The van der Waals surface area contributed by atoms with Crippen LogP contribution in [0.5, 0.6) is 5.75 Å². The Labute approximate surface area is 182 Å². The SMILES string of the molecule is COC(=O)c1ccc(CSc2nnc(N3CCN(c4ccccc4OC)CC3)s2)o1. The van der Waals surface area contributed by atoms with Crippen molar-refractivity contribution < 1.29 is 18.7 Å². The second-order valence-electron chi connectivity index (χ2n) is 6.54. The van der Waals surface area contributed by atoms with Gasteiger partial charge in [-0.25, -0.2) is 4.79 Å². The molecular weight excluding hydrogens is 424 g/mol. The van der Waals surface area contributed by atoms with E-state index in [9.17, 15) is 4.79 Å². The number of aromatic nitrogens is 2. The Morgan fingerprint density at radius 2 is 1.87 bits per heavy atom. The molecule has 1 saturated heterocycles. The van der Waals surface area contributed by atoms with Gasteiger partial charge in [-0.1, -0.05) is 35.2 Å². The molecule has 2 aromatic heterocycles. The molecule has 158 valence electrons. The number of anilines is 2. The largest absolute Gasteiger partial charge is 0.495 e. The fourth-order valence-electron chi connectivity index (χ4n) is 3.22. The Morgan fingerprint density at radius 1 is 1.10 bits per heavy atom. The van der Waals surface area contributed by atoms with Crippen LogP contribution >= 0.6 is 23.1 Å². The number of para-hydroxylation sites is 2. The number of esters is 1. The van der Waals surface area contributed by atoms with Crippen molar-refractivity contribution in [3.05, 3.63) is 47.9 Å². The number of hydrogen-bond acceptors (Lipinski definition) is 10. The minimum absolute atomic E-state index is 0.207. The first-order valence-corrected chi connectivity index (χ1v) is 11.2.